The number of aliphatic hydroxyl groups excluding tert-OH is 1. The highest BCUT2D eigenvalue weighted by Gasteiger charge is 2.30. The van der Waals surface area contributed by atoms with Crippen LogP contribution in [0.3, 0.4) is 0 Å². The number of halogens is 1. The molecule has 1 aliphatic rings. The predicted octanol–water partition coefficient (Wildman–Crippen LogP) is 3.82. The van der Waals surface area contributed by atoms with Gasteiger partial charge < -0.3 is 9.84 Å². The van der Waals surface area contributed by atoms with Crippen molar-refractivity contribution in [1.82, 2.24) is 0 Å². The van der Waals surface area contributed by atoms with Crippen molar-refractivity contribution < 1.29 is 14.2 Å². The predicted molar refractivity (Wildman–Crippen MR) is 79.9 cm³/mol. The molecule has 3 heteroatoms. The van der Waals surface area contributed by atoms with Crippen molar-refractivity contribution in [2.24, 2.45) is 0 Å². The third kappa shape index (κ3) is 2.93. The zero-order valence-corrected chi connectivity index (χ0v) is 12.3. The number of hydrogen-bond acceptors (Lipinski definition) is 2. The van der Waals surface area contributed by atoms with E-state index >= 15 is 0 Å². The van der Waals surface area contributed by atoms with E-state index in [-0.39, 0.29) is 17.8 Å². The normalized spacial score (nSPS) is 17.1. The molecular formula is C18H19FO2. The summed E-state index contributed by atoms with van der Waals surface area (Å²) in [6.07, 6.45) is 0.383. The molecule has 1 atom stereocenters. The molecule has 3 rings (SSSR count). The van der Waals surface area contributed by atoms with E-state index in [1.165, 1.54) is 6.07 Å². The average molecular weight is 286 g/mol. The second-order valence-corrected chi connectivity index (χ2v) is 6.22. The molecule has 0 saturated heterocycles. The van der Waals surface area contributed by atoms with Crippen molar-refractivity contribution in [3.05, 3.63) is 65.0 Å². The topological polar surface area (TPSA) is 29.5 Å². The highest BCUT2D eigenvalue weighted by Crippen LogP contribution is 2.36. The van der Waals surface area contributed by atoms with Crippen LogP contribution in [-0.2, 0) is 12.8 Å². The minimum Gasteiger partial charge on any atom is -0.487 e. The van der Waals surface area contributed by atoms with Gasteiger partial charge in [-0.1, -0.05) is 24.3 Å². The zero-order chi connectivity index (χ0) is 15.0. The molecule has 21 heavy (non-hydrogen) atoms. The van der Waals surface area contributed by atoms with E-state index in [2.05, 4.69) is 0 Å². The largest absolute Gasteiger partial charge is 0.487 e. The van der Waals surface area contributed by atoms with Gasteiger partial charge in [0.15, 0.2) is 0 Å². The summed E-state index contributed by atoms with van der Waals surface area (Å²) < 4.78 is 19.5. The molecule has 1 aliphatic heterocycles. The fourth-order valence-corrected chi connectivity index (χ4v) is 2.83. The third-order valence-electron chi connectivity index (χ3n) is 3.84. The molecule has 1 heterocycles. The number of ether oxygens (including phenoxy) is 1. The van der Waals surface area contributed by atoms with E-state index in [0.29, 0.717) is 5.56 Å². The van der Waals surface area contributed by atoms with Crippen LogP contribution in [0.1, 0.15) is 36.6 Å². The Bertz CT molecular complexity index is 664. The summed E-state index contributed by atoms with van der Waals surface area (Å²) in [4.78, 5) is 0. The van der Waals surface area contributed by atoms with Gasteiger partial charge >= 0.3 is 0 Å². The Hall–Kier alpha value is -1.87. The molecule has 0 aromatic heterocycles. The van der Waals surface area contributed by atoms with E-state index in [1.807, 2.05) is 32.0 Å². The van der Waals surface area contributed by atoms with Crippen molar-refractivity contribution in [3.63, 3.8) is 0 Å². The van der Waals surface area contributed by atoms with E-state index in [9.17, 15) is 9.50 Å². The summed E-state index contributed by atoms with van der Waals surface area (Å²) in [5.74, 6) is 0.601. The van der Waals surface area contributed by atoms with Gasteiger partial charge in [-0.05, 0) is 48.7 Å². The van der Waals surface area contributed by atoms with Crippen LogP contribution < -0.4 is 4.74 Å². The highest BCUT2D eigenvalue weighted by atomic mass is 19.1. The molecule has 0 saturated carbocycles. The summed E-state index contributed by atoms with van der Waals surface area (Å²) in [7, 11) is 0. The zero-order valence-electron chi connectivity index (χ0n) is 12.3. The summed E-state index contributed by atoms with van der Waals surface area (Å²) in [5.41, 5.74) is 2.24. The van der Waals surface area contributed by atoms with Gasteiger partial charge in [0.1, 0.15) is 17.2 Å². The van der Waals surface area contributed by atoms with E-state index in [0.717, 1.165) is 23.3 Å². The molecule has 2 nitrogen and oxygen atoms in total. The fourth-order valence-electron chi connectivity index (χ4n) is 2.83. The van der Waals surface area contributed by atoms with Crippen molar-refractivity contribution >= 4 is 0 Å². The first-order valence-electron chi connectivity index (χ1n) is 7.18. The molecule has 0 radical (unpaired) electrons. The van der Waals surface area contributed by atoms with E-state index in [1.54, 1.807) is 18.2 Å². The van der Waals surface area contributed by atoms with Gasteiger partial charge in [-0.25, -0.2) is 4.39 Å². The second kappa shape index (κ2) is 5.15. The lowest BCUT2D eigenvalue weighted by atomic mass is 9.96. The number of hydrogen-bond donors (Lipinski definition) is 1. The first kappa shape index (κ1) is 14.1. The molecule has 0 aliphatic carbocycles. The van der Waals surface area contributed by atoms with Crippen LogP contribution >= 0.6 is 0 Å². The minimum absolute atomic E-state index is 0.197. The summed E-state index contributed by atoms with van der Waals surface area (Å²) in [5, 5.41) is 10.4. The quantitative estimate of drug-likeness (QED) is 0.929. The van der Waals surface area contributed by atoms with Gasteiger partial charge in [0.2, 0.25) is 0 Å². The lowest BCUT2D eigenvalue weighted by Gasteiger charge is -2.16. The van der Waals surface area contributed by atoms with Crippen molar-refractivity contribution in [2.45, 2.75) is 38.4 Å². The summed E-state index contributed by atoms with van der Waals surface area (Å²) >= 11 is 0. The highest BCUT2D eigenvalue weighted by molar-refractivity contribution is 5.42. The van der Waals surface area contributed by atoms with Crippen LogP contribution in [0.4, 0.5) is 4.39 Å². The second-order valence-electron chi connectivity index (χ2n) is 6.22. The van der Waals surface area contributed by atoms with Crippen LogP contribution in [0, 0.1) is 5.82 Å². The summed E-state index contributed by atoms with van der Waals surface area (Å²) in [6, 6.07) is 12.3. The number of aliphatic hydroxyl groups is 1. The van der Waals surface area contributed by atoms with Crippen molar-refractivity contribution in [3.8, 4) is 5.75 Å². The molecule has 2 aromatic rings. The molecule has 110 valence electrons. The Morgan fingerprint density at radius 3 is 2.76 bits per heavy atom. The number of benzene rings is 2. The SMILES string of the molecule is CC1(C)Cc2cc(C(O)Cc3ccccc3F)ccc2O1. The molecule has 1 N–H and O–H groups in total. The minimum atomic E-state index is -0.712. The van der Waals surface area contributed by atoms with Gasteiger partial charge in [0.25, 0.3) is 0 Å². The molecule has 2 aromatic carbocycles. The maximum atomic E-state index is 13.7. The van der Waals surface area contributed by atoms with Crippen LogP contribution in [0.25, 0.3) is 0 Å². The Labute approximate surface area is 124 Å². The Morgan fingerprint density at radius 2 is 2.00 bits per heavy atom. The standard InChI is InChI=1S/C18H19FO2/c1-18(2)11-14-9-13(7-8-17(14)21-18)16(20)10-12-5-3-4-6-15(12)19/h3-9,16,20H,10-11H2,1-2H3. The van der Waals surface area contributed by atoms with Gasteiger partial charge in [-0.15, -0.1) is 0 Å². The Kier molecular flexibility index (Phi) is 3.46. The van der Waals surface area contributed by atoms with Crippen molar-refractivity contribution in [2.75, 3.05) is 0 Å². The maximum absolute atomic E-state index is 13.7. The first-order chi connectivity index (χ1) is 9.94. The molecule has 0 bridgehead atoms. The van der Waals surface area contributed by atoms with Crippen LogP contribution in [0.5, 0.6) is 5.75 Å². The van der Waals surface area contributed by atoms with Crippen LogP contribution in [-0.4, -0.2) is 10.7 Å². The van der Waals surface area contributed by atoms with Crippen LogP contribution in [0.15, 0.2) is 42.5 Å². The molecule has 0 spiro atoms. The lowest BCUT2D eigenvalue weighted by molar-refractivity contribution is 0.138. The smallest absolute Gasteiger partial charge is 0.126 e. The fraction of sp³-hybridized carbons (Fsp3) is 0.333. The Morgan fingerprint density at radius 1 is 1.24 bits per heavy atom. The number of fused-ring (bicyclic) bond motifs is 1. The van der Waals surface area contributed by atoms with Gasteiger partial charge in [0, 0.05) is 12.8 Å². The van der Waals surface area contributed by atoms with E-state index < -0.39 is 6.10 Å². The van der Waals surface area contributed by atoms with Gasteiger partial charge in [-0.2, -0.15) is 0 Å². The monoisotopic (exact) mass is 286 g/mol. The first-order valence-corrected chi connectivity index (χ1v) is 7.18. The Balaban J connectivity index is 1.81. The number of rotatable bonds is 3. The van der Waals surface area contributed by atoms with E-state index in [4.69, 9.17) is 4.74 Å². The van der Waals surface area contributed by atoms with Gasteiger partial charge in [0.05, 0.1) is 6.10 Å². The van der Waals surface area contributed by atoms with Crippen LogP contribution in [0.2, 0.25) is 0 Å². The molecule has 1 unspecified atom stereocenters. The molecule has 0 fully saturated rings. The molecule has 0 amide bonds. The van der Waals surface area contributed by atoms with Gasteiger partial charge in [-0.3, -0.25) is 0 Å². The summed E-state index contributed by atoms with van der Waals surface area (Å²) in [6.45, 7) is 4.09. The van der Waals surface area contributed by atoms with Crippen molar-refractivity contribution in [1.29, 1.82) is 0 Å². The molecular weight excluding hydrogens is 267 g/mol. The average Bonchev–Trinajstić information content (AvgIpc) is 2.74. The lowest BCUT2D eigenvalue weighted by Crippen LogP contribution is -2.24. The maximum Gasteiger partial charge on any atom is 0.126 e. The third-order valence-corrected chi connectivity index (χ3v) is 3.84.